The lowest BCUT2D eigenvalue weighted by molar-refractivity contribution is 0.399. The molecule has 0 atom stereocenters. The van der Waals surface area contributed by atoms with Gasteiger partial charge >= 0.3 is 0 Å². The predicted octanol–water partition coefficient (Wildman–Crippen LogP) is 3.28. The van der Waals surface area contributed by atoms with Gasteiger partial charge in [0.05, 0.1) is 0 Å². The first-order chi connectivity index (χ1) is 7.68. The molecule has 1 N–H and O–H groups in total. The molecular formula is C15H18O. The minimum absolute atomic E-state index is 0.323. The van der Waals surface area contributed by atoms with Crippen LogP contribution in [0.4, 0.5) is 0 Å². The molecule has 0 aromatic heterocycles. The first-order valence-corrected chi connectivity index (χ1v) is 5.64. The molecule has 0 spiro atoms. The van der Waals surface area contributed by atoms with Crippen LogP contribution in [0.3, 0.4) is 0 Å². The Morgan fingerprint density at radius 1 is 1.00 bits per heavy atom. The van der Waals surface area contributed by atoms with E-state index >= 15 is 0 Å². The van der Waals surface area contributed by atoms with Gasteiger partial charge in [-0.2, -0.15) is 0 Å². The lowest BCUT2D eigenvalue weighted by atomic mass is 9.86. The first-order valence-electron chi connectivity index (χ1n) is 5.64. The van der Waals surface area contributed by atoms with E-state index in [0.29, 0.717) is 5.41 Å². The fourth-order valence-electron chi connectivity index (χ4n) is 2.70. The van der Waals surface area contributed by atoms with Crippen molar-refractivity contribution in [3.8, 4) is 0 Å². The summed E-state index contributed by atoms with van der Waals surface area (Å²) >= 11 is 0. The largest absolute Gasteiger partial charge is 0.400 e. The Balaban J connectivity index is 0.000000457. The smallest absolute Gasteiger partial charge is 0.0319 e. The molecule has 3 rings (SSSR count). The SMILES string of the molecule is CC1(C)Cc2cccc3cccc1c23.CO. The van der Waals surface area contributed by atoms with Crippen LogP contribution in [0.5, 0.6) is 0 Å². The number of hydrogen-bond acceptors (Lipinski definition) is 1. The van der Waals surface area contributed by atoms with E-state index < -0.39 is 0 Å². The molecule has 0 fully saturated rings. The maximum Gasteiger partial charge on any atom is 0.0319 e. The molecule has 0 aliphatic heterocycles. The molecule has 2 aromatic carbocycles. The molecule has 1 nitrogen and oxygen atoms in total. The van der Waals surface area contributed by atoms with Gasteiger partial charge in [-0.1, -0.05) is 50.2 Å². The standard InChI is InChI=1S/C14H14.CH4O/c1-14(2)9-11-7-3-5-10-6-4-8-12(14)13(10)11;1-2/h3-8H,9H2,1-2H3;2H,1H3. The molecule has 0 heterocycles. The van der Waals surface area contributed by atoms with E-state index in [-0.39, 0.29) is 0 Å². The average molecular weight is 214 g/mol. The summed E-state index contributed by atoms with van der Waals surface area (Å²) in [4.78, 5) is 0. The lowest BCUT2D eigenvalue weighted by Gasteiger charge is -2.18. The summed E-state index contributed by atoms with van der Waals surface area (Å²) in [6.07, 6.45) is 1.18. The molecule has 0 amide bonds. The highest BCUT2D eigenvalue weighted by Gasteiger charge is 2.30. The van der Waals surface area contributed by atoms with Crippen molar-refractivity contribution in [2.75, 3.05) is 7.11 Å². The third kappa shape index (κ3) is 1.52. The van der Waals surface area contributed by atoms with Gasteiger partial charge in [0.25, 0.3) is 0 Å². The predicted molar refractivity (Wildman–Crippen MR) is 68.8 cm³/mol. The summed E-state index contributed by atoms with van der Waals surface area (Å²) in [5.74, 6) is 0. The Morgan fingerprint density at radius 3 is 2.31 bits per heavy atom. The number of aliphatic hydroxyl groups is 1. The van der Waals surface area contributed by atoms with Gasteiger partial charge in [0, 0.05) is 7.11 Å². The van der Waals surface area contributed by atoms with Crippen LogP contribution in [0.25, 0.3) is 10.8 Å². The van der Waals surface area contributed by atoms with Crippen molar-refractivity contribution in [2.24, 2.45) is 0 Å². The topological polar surface area (TPSA) is 20.2 Å². The molecule has 16 heavy (non-hydrogen) atoms. The van der Waals surface area contributed by atoms with E-state index in [1.165, 1.54) is 28.3 Å². The van der Waals surface area contributed by atoms with Gasteiger partial charge in [-0.05, 0) is 33.7 Å². The Hall–Kier alpha value is -1.34. The highest BCUT2D eigenvalue weighted by atomic mass is 16.2. The Kier molecular flexibility index (Phi) is 2.73. The van der Waals surface area contributed by atoms with Crippen LogP contribution in [0, 0.1) is 0 Å². The fourth-order valence-corrected chi connectivity index (χ4v) is 2.70. The number of rotatable bonds is 0. The fraction of sp³-hybridized carbons (Fsp3) is 0.333. The average Bonchev–Trinajstić information content (AvgIpc) is 2.56. The van der Waals surface area contributed by atoms with Gasteiger partial charge in [0.15, 0.2) is 0 Å². The summed E-state index contributed by atoms with van der Waals surface area (Å²) in [6, 6.07) is 13.3. The van der Waals surface area contributed by atoms with Gasteiger partial charge in [-0.15, -0.1) is 0 Å². The minimum Gasteiger partial charge on any atom is -0.400 e. The van der Waals surface area contributed by atoms with Crippen molar-refractivity contribution in [2.45, 2.75) is 25.7 Å². The molecule has 0 saturated heterocycles. The molecule has 0 saturated carbocycles. The van der Waals surface area contributed by atoms with E-state index in [1.807, 2.05) is 0 Å². The quantitative estimate of drug-likeness (QED) is 0.713. The van der Waals surface area contributed by atoms with Crippen molar-refractivity contribution in [3.63, 3.8) is 0 Å². The van der Waals surface area contributed by atoms with Gasteiger partial charge in [0.1, 0.15) is 0 Å². The van der Waals surface area contributed by atoms with E-state index in [4.69, 9.17) is 5.11 Å². The second kappa shape index (κ2) is 3.91. The molecule has 1 aliphatic carbocycles. The summed E-state index contributed by atoms with van der Waals surface area (Å²) in [5.41, 5.74) is 3.36. The van der Waals surface area contributed by atoms with Crippen LogP contribution in [0.2, 0.25) is 0 Å². The Labute approximate surface area is 96.7 Å². The van der Waals surface area contributed by atoms with E-state index in [0.717, 1.165) is 7.11 Å². The van der Waals surface area contributed by atoms with Crippen molar-refractivity contribution < 1.29 is 5.11 Å². The summed E-state index contributed by atoms with van der Waals surface area (Å²) in [5, 5.41) is 9.89. The Morgan fingerprint density at radius 2 is 1.62 bits per heavy atom. The van der Waals surface area contributed by atoms with Crippen LogP contribution in [0.15, 0.2) is 36.4 Å². The molecule has 84 valence electrons. The molecule has 0 bridgehead atoms. The van der Waals surface area contributed by atoms with E-state index in [1.54, 1.807) is 0 Å². The minimum atomic E-state index is 0.323. The maximum absolute atomic E-state index is 7.00. The van der Waals surface area contributed by atoms with Gasteiger partial charge < -0.3 is 5.11 Å². The molecule has 0 unspecified atom stereocenters. The van der Waals surface area contributed by atoms with Gasteiger partial charge in [0.2, 0.25) is 0 Å². The van der Waals surface area contributed by atoms with Crippen LogP contribution < -0.4 is 0 Å². The zero-order chi connectivity index (χ0) is 11.8. The number of benzene rings is 2. The Bertz CT molecular complexity index is 507. The van der Waals surface area contributed by atoms with Crippen LogP contribution >= 0.6 is 0 Å². The first kappa shape index (κ1) is 11.2. The van der Waals surface area contributed by atoms with Crippen LogP contribution in [-0.4, -0.2) is 12.2 Å². The normalized spacial score (nSPS) is 15.8. The monoisotopic (exact) mass is 214 g/mol. The van der Waals surface area contributed by atoms with Crippen LogP contribution in [0.1, 0.15) is 25.0 Å². The highest BCUT2D eigenvalue weighted by Crippen LogP contribution is 2.41. The highest BCUT2D eigenvalue weighted by molar-refractivity contribution is 5.92. The van der Waals surface area contributed by atoms with Crippen molar-refractivity contribution in [3.05, 3.63) is 47.5 Å². The zero-order valence-corrected chi connectivity index (χ0v) is 10.1. The molecule has 1 heteroatoms. The second-order valence-corrected chi connectivity index (χ2v) is 4.88. The molecule has 2 aromatic rings. The molecular weight excluding hydrogens is 196 g/mol. The number of aliphatic hydroxyl groups excluding tert-OH is 1. The summed E-state index contributed by atoms with van der Waals surface area (Å²) in [7, 11) is 1.00. The van der Waals surface area contributed by atoms with Gasteiger partial charge in [-0.25, -0.2) is 0 Å². The molecule has 1 aliphatic rings. The van der Waals surface area contributed by atoms with E-state index in [2.05, 4.69) is 50.2 Å². The summed E-state index contributed by atoms with van der Waals surface area (Å²) in [6.45, 7) is 4.67. The van der Waals surface area contributed by atoms with Gasteiger partial charge in [-0.3, -0.25) is 0 Å². The summed E-state index contributed by atoms with van der Waals surface area (Å²) < 4.78 is 0. The number of hydrogen-bond donors (Lipinski definition) is 1. The van der Waals surface area contributed by atoms with Crippen molar-refractivity contribution in [1.29, 1.82) is 0 Å². The van der Waals surface area contributed by atoms with Crippen molar-refractivity contribution in [1.82, 2.24) is 0 Å². The maximum atomic E-state index is 7.00. The zero-order valence-electron chi connectivity index (χ0n) is 10.1. The van der Waals surface area contributed by atoms with Crippen molar-refractivity contribution >= 4 is 10.8 Å². The second-order valence-electron chi connectivity index (χ2n) is 4.88. The third-order valence-electron chi connectivity index (χ3n) is 3.35. The molecule has 0 radical (unpaired) electrons. The van der Waals surface area contributed by atoms with Crippen LogP contribution in [-0.2, 0) is 11.8 Å². The third-order valence-corrected chi connectivity index (χ3v) is 3.35. The lowest BCUT2D eigenvalue weighted by Crippen LogP contribution is -2.14. The van der Waals surface area contributed by atoms with E-state index in [9.17, 15) is 0 Å².